The lowest BCUT2D eigenvalue weighted by Gasteiger charge is -2.34. The second-order valence-corrected chi connectivity index (χ2v) is 8.14. The van der Waals surface area contributed by atoms with Crippen LogP contribution < -0.4 is 16.8 Å². The lowest BCUT2D eigenvalue weighted by molar-refractivity contribution is 0.211. The number of hydrogen-bond acceptors (Lipinski definition) is 7. The van der Waals surface area contributed by atoms with Gasteiger partial charge in [-0.25, -0.2) is 9.97 Å². The van der Waals surface area contributed by atoms with Crippen LogP contribution in [-0.4, -0.2) is 35.9 Å². The molecule has 7 nitrogen and oxygen atoms in total. The van der Waals surface area contributed by atoms with Crippen molar-refractivity contribution in [2.45, 2.75) is 57.4 Å². The van der Waals surface area contributed by atoms with E-state index in [4.69, 9.17) is 16.3 Å². The summed E-state index contributed by atoms with van der Waals surface area (Å²) in [6.07, 6.45) is 8.16. The van der Waals surface area contributed by atoms with Gasteiger partial charge in [-0.3, -0.25) is 0 Å². The number of oxime groups is 1. The van der Waals surface area contributed by atoms with Gasteiger partial charge in [-0.2, -0.15) is 0 Å². The van der Waals surface area contributed by atoms with Gasteiger partial charge < -0.3 is 21.6 Å². The number of anilines is 2. The van der Waals surface area contributed by atoms with Crippen LogP contribution >= 0.6 is 0 Å². The average molecular weight is 397 g/mol. The number of nitrogen functional groups attached to an aromatic ring is 1. The van der Waals surface area contributed by atoms with E-state index < -0.39 is 5.41 Å². The van der Waals surface area contributed by atoms with Crippen LogP contribution in [0.1, 0.15) is 57.1 Å². The number of fused-ring (bicyclic) bond motifs is 3. The van der Waals surface area contributed by atoms with Crippen molar-refractivity contribution in [3.8, 4) is 11.3 Å². The summed E-state index contributed by atoms with van der Waals surface area (Å²) in [5, 5.41) is 7.42. The molecule has 1 saturated carbocycles. The molecule has 0 unspecified atom stereocenters. The first kappa shape index (κ1) is 21.0. The van der Waals surface area contributed by atoms with Gasteiger partial charge in [-0.05, 0) is 38.8 Å². The van der Waals surface area contributed by atoms with Gasteiger partial charge in [-0.15, -0.1) is 0 Å². The summed E-state index contributed by atoms with van der Waals surface area (Å²) in [5.41, 5.74) is 16.8. The second kappa shape index (κ2) is 8.78. The van der Waals surface area contributed by atoms with E-state index in [-0.39, 0.29) is 0 Å². The molecule has 0 radical (unpaired) electrons. The van der Waals surface area contributed by atoms with Gasteiger partial charge >= 0.3 is 0 Å². The average Bonchev–Trinajstić information content (AvgIpc) is 2.71. The Morgan fingerprint density at radius 1 is 1.14 bits per heavy atom. The lowest BCUT2D eigenvalue weighted by atomic mass is 9.70. The highest BCUT2D eigenvalue weighted by Crippen LogP contribution is 2.44. The van der Waals surface area contributed by atoms with E-state index in [1.807, 2.05) is 19.2 Å². The molecule has 0 bridgehead atoms. The maximum Gasteiger partial charge on any atom is 0.131 e. The normalized spacial score (nSPS) is 18.9. The Labute approximate surface area is 172 Å². The Hall–Kier alpha value is -2.67. The van der Waals surface area contributed by atoms with Crippen LogP contribution in [0.3, 0.4) is 0 Å². The molecule has 4 rings (SSSR count). The molecule has 0 aliphatic heterocycles. The molecule has 2 aliphatic rings. The molecule has 0 atom stereocenters. The Morgan fingerprint density at radius 2 is 1.86 bits per heavy atom. The van der Waals surface area contributed by atoms with Crippen LogP contribution in [0, 0.1) is 0 Å². The Bertz CT molecular complexity index is 887. The molecule has 1 heterocycles. The highest BCUT2D eigenvalue weighted by atomic mass is 16.6. The molecular weight excluding hydrogens is 364 g/mol. The van der Waals surface area contributed by atoms with Gasteiger partial charge in [-0.1, -0.05) is 30.5 Å². The fourth-order valence-corrected chi connectivity index (χ4v) is 4.17. The van der Waals surface area contributed by atoms with Crippen LogP contribution in [0.15, 0.2) is 29.7 Å². The minimum absolute atomic E-state index is 0.448. The molecule has 0 spiro atoms. The van der Waals surface area contributed by atoms with E-state index in [2.05, 4.69) is 40.4 Å². The number of benzene rings is 1. The maximum atomic E-state index is 6.13. The van der Waals surface area contributed by atoms with Crippen LogP contribution in [0.25, 0.3) is 11.3 Å². The van der Waals surface area contributed by atoms with E-state index in [0.29, 0.717) is 11.9 Å². The number of aromatic nitrogens is 2. The van der Waals surface area contributed by atoms with Crippen LogP contribution in [0.5, 0.6) is 0 Å². The largest absolute Gasteiger partial charge is 0.399 e. The first-order valence-electron chi connectivity index (χ1n) is 10.2. The molecule has 2 aromatic rings. The van der Waals surface area contributed by atoms with Crippen LogP contribution in [0.2, 0.25) is 0 Å². The molecule has 0 amide bonds. The van der Waals surface area contributed by atoms with Crippen molar-refractivity contribution < 1.29 is 4.84 Å². The van der Waals surface area contributed by atoms with Gasteiger partial charge in [0.15, 0.2) is 0 Å². The quantitative estimate of drug-likeness (QED) is 0.668. The summed E-state index contributed by atoms with van der Waals surface area (Å²) >= 11 is 0. The molecular formula is C22H32N6O. The third-order valence-electron chi connectivity index (χ3n) is 5.74. The number of nitrogens with two attached hydrogens (primary N) is 2. The molecule has 1 aromatic heterocycles. The zero-order chi connectivity index (χ0) is 21.0. The molecule has 7 heteroatoms. The molecule has 1 fully saturated rings. The van der Waals surface area contributed by atoms with Crippen molar-refractivity contribution in [3.63, 3.8) is 0 Å². The van der Waals surface area contributed by atoms with Crippen molar-refractivity contribution >= 4 is 17.2 Å². The third-order valence-corrected chi connectivity index (χ3v) is 5.74. The van der Waals surface area contributed by atoms with Gasteiger partial charge in [0.1, 0.15) is 19.3 Å². The maximum absolute atomic E-state index is 6.13. The third kappa shape index (κ3) is 4.19. The van der Waals surface area contributed by atoms with E-state index in [1.165, 1.54) is 38.4 Å². The number of nitrogens with zero attached hydrogens (tertiary/aromatic N) is 3. The molecule has 156 valence electrons. The zero-order valence-electron chi connectivity index (χ0n) is 17.8. The fraction of sp³-hybridized carbons (Fsp3) is 0.500. The van der Waals surface area contributed by atoms with Gasteiger partial charge in [0, 0.05) is 40.9 Å². The van der Waals surface area contributed by atoms with Gasteiger partial charge in [0.05, 0.1) is 11.4 Å². The number of hydrogen-bond donors (Lipinski definition) is 3. The summed E-state index contributed by atoms with van der Waals surface area (Å²) in [6.45, 7) is 4.11. The molecule has 1 aromatic carbocycles. The first-order valence-corrected chi connectivity index (χ1v) is 10.2. The lowest BCUT2D eigenvalue weighted by Crippen LogP contribution is -2.36. The molecule has 2 aliphatic carbocycles. The molecule has 5 N–H and O–H groups in total. The minimum atomic E-state index is -0.448. The van der Waals surface area contributed by atoms with Crippen LogP contribution in [0.4, 0.5) is 11.5 Å². The number of rotatable bonds is 2. The summed E-state index contributed by atoms with van der Waals surface area (Å²) in [4.78, 5) is 13.7. The van der Waals surface area contributed by atoms with Crippen LogP contribution in [-0.2, 0) is 10.3 Å². The summed E-state index contributed by atoms with van der Waals surface area (Å²) in [7, 11) is 3.43. The fourth-order valence-electron chi connectivity index (χ4n) is 4.17. The summed E-state index contributed by atoms with van der Waals surface area (Å²) in [6, 6.07) is 6.61. The van der Waals surface area contributed by atoms with Gasteiger partial charge in [0.2, 0.25) is 0 Å². The van der Waals surface area contributed by atoms with E-state index in [1.54, 1.807) is 7.11 Å². The molecule has 29 heavy (non-hydrogen) atoms. The molecule has 0 saturated heterocycles. The van der Waals surface area contributed by atoms with Crippen molar-refractivity contribution in [1.82, 2.24) is 9.97 Å². The standard InChI is InChI=1S/C16H19N5O.C6H13N/c1-16(2)12-13(19-8-20-15(12)17)10-6-5-9(18-3)7-11(10)14(16)21-22-4;7-6-4-2-1-3-5-6/h5-8,18H,1-4H3,(H2,17,19,20);6H,1-5,7H2/b21-14+;. The second-order valence-electron chi connectivity index (χ2n) is 8.14. The van der Waals surface area contributed by atoms with Crippen molar-refractivity contribution in [2.24, 2.45) is 10.9 Å². The van der Waals surface area contributed by atoms with Crippen molar-refractivity contribution in [2.75, 3.05) is 25.2 Å². The highest BCUT2D eigenvalue weighted by molar-refractivity contribution is 6.16. The van der Waals surface area contributed by atoms with Crippen molar-refractivity contribution in [1.29, 1.82) is 0 Å². The summed E-state index contributed by atoms with van der Waals surface area (Å²) in [5.74, 6) is 0.474. The van der Waals surface area contributed by atoms with E-state index in [0.717, 1.165) is 33.8 Å². The number of nitrogens with one attached hydrogen (secondary N) is 1. The predicted octanol–water partition coefficient (Wildman–Crippen LogP) is 3.69. The smallest absolute Gasteiger partial charge is 0.131 e. The van der Waals surface area contributed by atoms with E-state index >= 15 is 0 Å². The Balaban J connectivity index is 0.000000290. The topological polar surface area (TPSA) is 111 Å². The highest BCUT2D eigenvalue weighted by Gasteiger charge is 2.40. The minimum Gasteiger partial charge on any atom is -0.399 e. The van der Waals surface area contributed by atoms with E-state index in [9.17, 15) is 0 Å². The monoisotopic (exact) mass is 396 g/mol. The van der Waals surface area contributed by atoms with Crippen molar-refractivity contribution in [3.05, 3.63) is 35.7 Å². The Morgan fingerprint density at radius 3 is 2.45 bits per heavy atom. The Kier molecular flexibility index (Phi) is 6.37. The first-order chi connectivity index (χ1) is 13.9. The van der Waals surface area contributed by atoms with Gasteiger partial charge in [0.25, 0.3) is 0 Å². The summed E-state index contributed by atoms with van der Waals surface area (Å²) < 4.78 is 0. The zero-order valence-corrected chi connectivity index (χ0v) is 17.8. The SMILES string of the molecule is CNc1ccc2c(c1)/C(=N\OC)C(C)(C)c1c(N)ncnc1-2.NC1CCCCC1. The predicted molar refractivity (Wildman–Crippen MR) is 119 cm³/mol.